The van der Waals surface area contributed by atoms with Crippen LogP contribution in [0, 0.1) is 5.92 Å². The van der Waals surface area contributed by atoms with Gasteiger partial charge < -0.3 is 15.8 Å². The van der Waals surface area contributed by atoms with Crippen molar-refractivity contribution in [1.29, 1.82) is 0 Å². The lowest BCUT2D eigenvalue weighted by atomic mass is 9.84. The lowest BCUT2D eigenvalue weighted by Gasteiger charge is -2.43. The molecule has 0 aliphatic carbocycles. The summed E-state index contributed by atoms with van der Waals surface area (Å²) in [5.74, 6) is -6.50. The SMILES string of the molecule is Nc1ncc(CC2C(=O)N(C(=O)NC(c3ccccc3)c3ccccc3)C2C(=O)OC(=O)C(F)(F)F)s1. The summed E-state index contributed by atoms with van der Waals surface area (Å²) >= 11 is 1.01. The number of halogens is 3. The number of hydrogen-bond acceptors (Lipinski definition) is 8. The van der Waals surface area contributed by atoms with Crippen LogP contribution in [0.5, 0.6) is 0 Å². The van der Waals surface area contributed by atoms with E-state index in [4.69, 9.17) is 5.73 Å². The van der Waals surface area contributed by atoms with Gasteiger partial charge in [0.25, 0.3) is 0 Å². The first-order valence-corrected chi connectivity index (χ1v) is 11.6. The highest BCUT2D eigenvalue weighted by molar-refractivity contribution is 7.15. The van der Waals surface area contributed by atoms with Crippen molar-refractivity contribution in [1.82, 2.24) is 15.2 Å². The molecule has 3 amide bonds. The number of hydrogen-bond donors (Lipinski definition) is 2. The van der Waals surface area contributed by atoms with Crippen LogP contribution in [0.25, 0.3) is 0 Å². The molecule has 9 nitrogen and oxygen atoms in total. The average molecular weight is 533 g/mol. The number of urea groups is 1. The Hall–Kier alpha value is -4.26. The fourth-order valence-corrected chi connectivity index (χ4v) is 4.67. The number of nitrogen functional groups attached to an aromatic ring is 1. The molecule has 2 unspecified atom stereocenters. The number of β-lactam (4-membered cyclic amide) rings is 1. The summed E-state index contributed by atoms with van der Waals surface area (Å²) < 4.78 is 42.1. The Morgan fingerprint density at radius 1 is 1.05 bits per heavy atom. The maximum atomic E-state index is 13.2. The summed E-state index contributed by atoms with van der Waals surface area (Å²) in [6.45, 7) is 0. The number of nitrogens with zero attached hydrogens (tertiary/aromatic N) is 2. The zero-order valence-corrected chi connectivity index (χ0v) is 19.7. The van der Waals surface area contributed by atoms with Gasteiger partial charge in [-0.2, -0.15) is 13.2 Å². The summed E-state index contributed by atoms with van der Waals surface area (Å²) in [6.07, 6.45) is -4.23. The number of rotatable bonds is 6. The van der Waals surface area contributed by atoms with E-state index in [-0.39, 0.29) is 11.6 Å². The molecule has 0 radical (unpaired) electrons. The van der Waals surface area contributed by atoms with Gasteiger partial charge in [-0.1, -0.05) is 60.7 Å². The van der Waals surface area contributed by atoms with Crippen LogP contribution in [0.15, 0.2) is 66.9 Å². The second-order valence-electron chi connectivity index (χ2n) is 8.04. The molecule has 1 aliphatic rings. The van der Waals surface area contributed by atoms with Gasteiger partial charge in [0.1, 0.15) is 0 Å². The number of esters is 2. The van der Waals surface area contributed by atoms with E-state index < -0.39 is 48.1 Å². The molecule has 1 fully saturated rings. The fraction of sp³-hybridized carbons (Fsp3) is 0.208. The Labute approximate surface area is 212 Å². The average Bonchev–Trinajstić information content (AvgIpc) is 3.29. The molecule has 1 aromatic heterocycles. The van der Waals surface area contributed by atoms with E-state index in [1.165, 1.54) is 6.20 Å². The number of thiazole rings is 1. The Morgan fingerprint density at radius 3 is 2.11 bits per heavy atom. The summed E-state index contributed by atoms with van der Waals surface area (Å²) in [6, 6.07) is 13.9. The Bertz CT molecular complexity index is 1280. The Balaban J connectivity index is 1.61. The van der Waals surface area contributed by atoms with Crippen molar-refractivity contribution in [2.24, 2.45) is 5.92 Å². The van der Waals surface area contributed by atoms with Crippen LogP contribution in [-0.2, 0) is 25.5 Å². The second-order valence-corrected chi connectivity index (χ2v) is 9.19. The van der Waals surface area contributed by atoms with Gasteiger partial charge in [0.15, 0.2) is 11.2 Å². The first-order valence-electron chi connectivity index (χ1n) is 10.8. The molecule has 2 aromatic carbocycles. The van der Waals surface area contributed by atoms with Crippen LogP contribution in [0.2, 0.25) is 0 Å². The van der Waals surface area contributed by atoms with Crippen LogP contribution in [0.3, 0.4) is 0 Å². The zero-order chi connectivity index (χ0) is 26.7. The first kappa shape index (κ1) is 25.8. The van der Waals surface area contributed by atoms with Crippen molar-refractivity contribution in [2.45, 2.75) is 24.7 Å². The van der Waals surface area contributed by atoms with Gasteiger partial charge in [0.2, 0.25) is 5.91 Å². The highest BCUT2D eigenvalue weighted by atomic mass is 32.1. The monoisotopic (exact) mass is 532 g/mol. The van der Waals surface area contributed by atoms with Crippen LogP contribution in [-0.4, -0.2) is 46.0 Å². The number of likely N-dealkylation sites (tertiary alicyclic amines) is 1. The summed E-state index contributed by atoms with van der Waals surface area (Å²) in [7, 11) is 0. The number of carbonyl (C=O) groups is 4. The molecule has 1 saturated heterocycles. The number of ether oxygens (including phenoxy) is 1. The molecule has 1 aliphatic heterocycles. The predicted molar refractivity (Wildman–Crippen MR) is 125 cm³/mol. The third-order valence-electron chi connectivity index (χ3n) is 5.63. The predicted octanol–water partition coefficient (Wildman–Crippen LogP) is 3.23. The standard InChI is InChI=1S/C24H19F3N4O5S/c25-24(26,27)21(34)36-20(33)18-16(11-15-12-29-22(28)37-15)19(32)31(18)23(35)30-17(13-7-3-1-4-8-13)14-9-5-2-6-10-14/h1-10,12,16-18H,11H2,(H2,28,29)(H,30,35). The first-order chi connectivity index (χ1) is 17.6. The van der Waals surface area contributed by atoms with Crippen molar-refractivity contribution >= 4 is 40.3 Å². The minimum atomic E-state index is -5.44. The van der Waals surface area contributed by atoms with E-state index in [0.717, 1.165) is 11.3 Å². The zero-order valence-electron chi connectivity index (χ0n) is 18.8. The summed E-state index contributed by atoms with van der Waals surface area (Å²) in [5.41, 5.74) is 6.89. The number of alkyl halides is 3. The van der Waals surface area contributed by atoms with Gasteiger partial charge in [-0.05, 0) is 17.5 Å². The van der Waals surface area contributed by atoms with Crippen molar-refractivity contribution in [2.75, 3.05) is 5.73 Å². The molecule has 3 aromatic rings. The maximum Gasteiger partial charge on any atom is 0.491 e. The summed E-state index contributed by atoms with van der Waals surface area (Å²) in [4.78, 5) is 54.9. The molecule has 4 rings (SSSR count). The largest absolute Gasteiger partial charge is 0.491 e. The lowest BCUT2D eigenvalue weighted by molar-refractivity contribution is -0.205. The molecule has 3 N–H and O–H groups in total. The topological polar surface area (TPSA) is 132 Å². The summed E-state index contributed by atoms with van der Waals surface area (Å²) in [5, 5.41) is 2.84. The van der Waals surface area contributed by atoms with Crippen LogP contribution < -0.4 is 11.1 Å². The van der Waals surface area contributed by atoms with Gasteiger partial charge in [-0.3, -0.25) is 4.79 Å². The smallest absolute Gasteiger partial charge is 0.385 e. The van der Waals surface area contributed by atoms with E-state index in [2.05, 4.69) is 15.0 Å². The molecule has 13 heteroatoms. The molecular weight excluding hydrogens is 513 g/mol. The van der Waals surface area contributed by atoms with Gasteiger partial charge in [-0.15, -0.1) is 11.3 Å². The van der Waals surface area contributed by atoms with Crippen LogP contribution in [0.1, 0.15) is 22.0 Å². The van der Waals surface area contributed by atoms with E-state index >= 15 is 0 Å². The molecule has 2 atom stereocenters. The van der Waals surface area contributed by atoms with Crippen LogP contribution >= 0.6 is 11.3 Å². The van der Waals surface area contributed by atoms with E-state index in [1.54, 1.807) is 60.7 Å². The number of anilines is 1. The highest BCUT2D eigenvalue weighted by Gasteiger charge is 2.57. The van der Waals surface area contributed by atoms with Crippen LogP contribution in [0.4, 0.5) is 23.1 Å². The van der Waals surface area contributed by atoms with Gasteiger partial charge in [-0.25, -0.2) is 24.3 Å². The molecule has 192 valence electrons. The normalized spacial score (nSPS) is 17.3. The van der Waals surface area contributed by atoms with Gasteiger partial charge in [0, 0.05) is 11.1 Å². The maximum absolute atomic E-state index is 13.2. The highest BCUT2D eigenvalue weighted by Crippen LogP contribution is 2.34. The molecule has 2 heterocycles. The third-order valence-corrected chi connectivity index (χ3v) is 6.47. The number of nitrogens with two attached hydrogens (primary N) is 1. The van der Waals surface area contributed by atoms with Crippen molar-refractivity contribution in [3.63, 3.8) is 0 Å². The van der Waals surface area contributed by atoms with Crippen molar-refractivity contribution in [3.05, 3.63) is 82.9 Å². The number of imide groups is 1. The number of benzene rings is 2. The Morgan fingerprint density at radius 2 is 1.62 bits per heavy atom. The van der Waals surface area contributed by atoms with E-state index in [1.807, 2.05) is 0 Å². The lowest BCUT2D eigenvalue weighted by Crippen LogP contribution is -2.69. The number of nitrogens with one attached hydrogen (secondary N) is 1. The fourth-order valence-electron chi connectivity index (χ4n) is 3.93. The van der Waals surface area contributed by atoms with E-state index in [9.17, 15) is 32.3 Å². The molecular formula is C24H19F3N4O5S. The number of carbonyl (C=O) groups excluding carboxylic acids is 4. The van der Waals surface area contributed by atoms with Gasteiger partial charge >= 0.3 is 24.1 Å². The minimum absolute atomic E-state index is 0.141. The minimum Gasteiger partial charge on any atom is -0.385 e. The second kappa shape index (κ2) is 10.4. The Kier molecular flexibility index (Phi) is 7.25. The van der Waals surface area contributed by atoms with Crippen molar-refractivity contribution < 1.29 is 37.1 Å². The molecule has 37 heavy (non-hydrogen) atoms. The number of aromatic nitrogens is 1. The number of amides is 3. The van der Waals surface area contributed by atoms with Crippen molar-refractivity contribution in [3.8, 4) is 0 Å². The van der Waals surface area contributed by atoms with E-state index in [0.29, 0.717) is 20.9 Å². The molecule has 0 saturated carbocycles. The molecule has 0 spiro atoms. The third kappa shape index (κ3) is 5.61. The quantitative estimate of drug-likeness (QED) is 0.283. The molecule has 0 bridgehead atoms. The van der Waals surface area contributed by atoms with Gasteiger partial charge in [0.05, 0.1) is 12.0 Å².